The summed E-state index contributed by atoms with van der Waals surface area (Å²) >= 11 is 0. The Morgan fingerprint density at radius 1 is 1.35 bits per heavy atom. The summed E-state index contributed by atoms with van der Waals surface area (Å²) < 4.78 is 5.10. The molecule has 0 aromatic heterocycles. The Kier molecular flexibility index (Phi) is 6.72. The van der Waals surface area contributed by atoms with Gasteiger partial charge < -0.3 is 4.74 Å². The van der Waals surface area contributed by atoms with Crippen LogP contribution >= 0.6 is 0 Å². The number of benzene rings is 1. The molecule has 17 heavy (non-hydrogen) atoms. The number of ether oxygens (including phenoxy) is 1. The van der Waals surface area contributed by atoms with Gasteiger partial charge in [-0.1, -0.05) is 31.5 Å². The Balaban J connectivity index is 2.15. The zero-order valence-corrected chi connectivity index (χ0v) is 10.3. The van der Waals surface area contributed by atoms with Crippen LogP contribution in [0.4, 0.5) is 0 Å². The first kappa shape index (κ1) is 13.4. The van der Waals surface area contributed by atoms with E-state index >= 15 is 0 Å². The molecule has 0 aliphatic rings. The number of hydrogen-bond donors (Lipinski definition) is 0. The van der Waals surface area contributed by atoms with Crippen LogP contribution in [0.2, 0.25) is 0 Å². The summed E-state index contributed by atoms with van der Waals surface area (Å²) in [6.07, 6.45) is 4.77. The van der Waals surface area contributed by atoms with Crippen molar-refractivity contribution in [2.24, 2.45) is 4.99 Å². The summed E-state index contributed by atoms with van der Waals surface area (Å²) in [5, 5.41) is 0. The molecule has 0 bridgehead atoms. The summed E-state index contributed by atoms with van der Waals surface area (Å²) in [6, 6.07) is 9.01. The Hall–Kier alpha value is -1.64. The van der Waals surface area contributed by atoms with E-state index in [1.807, 2.05) is 24.4 Å². The summed E-state index contributed by atoms with van der Waals surface area (Å²) in [4.78, 5) is 15.7. The Morgan fingerprint density at radius 2 is 2.12 bits per heavy atom. The second-order valence-electron chi connectivity index (χ2n) is 3.73. The van der Waals surface area contributed by atoms with Crippen molar-refractivity contribution >= 4 is 12.2 Å². The highest BCUT2D eigenvalue weighted by molar-refractivity contribution is 5.89. The molecule has 0 spiro atoms. The van der Waals surface area contributed by atoms with Crippen molar-refractivity contribution in [2.75, 3.05) is 13.2 Å². The minimum atomic E-state index is -0.271. The molecule has 0 radical (unpaired) electrons. The molecule has 0 fully saturated rings. The quantitative estimate of drug-likeness (QED) is 0.412. The third kappa shape index (κ3) is 5.85. The maximum atomic E-state index is 11.5. The average Bonchev–Trinajstić information content (AvgIpc) is 2.38. The van der Waals surface area contributed by atoms with Gasteiger partial charge in [-0.2, -0.15) is 0 Å². The Bertz CT molecular complexity index is 346. The topological polar surface area (TPSA) is 38.7 Å². The molecule has 92 valence electrons. The number of hydrogen-bond acceptors (Lipinski definition) is 3. The van der Waals surface area contributed by atoms with E-state index in [9.17, 15) is 4.79 Å². The number of nitrogens with zero attached hydrogens (tertiary/aromatic N) is 1. The molecule has 0 heterocycles. The summed E-state index contributed by atoms with van der Waals surface area (Å²) in [7, 11) is 0. The van der Waals surface area contributed by atoms with Gasteiger partial charge in [0.2, 0.25) is 0 Å². The third-order valence-corrected chi connectivity index (χ3v) is 2.26. The number of rotatable bonds is 7. The standard InChI is InChI=1S/C14H19NO2/c1-2-3-10-15-11-7-12-17-14(16)13-8-5-4-6-9-13/h4-6,8-9,11H,2-3,7,10,12H2,1H3. The second kappa shape index (κ2) is 8.50. The van der Waals surface area contributed by atoms with E-state index < -0.39 is 0 Å². The number of unbranched alkanes of at least 4 members (excludes halogenated alkanes) is 1. The van der Waals surface area contributed by atoms with Gasteiger partial charge in [-0.3, -0.25) is 4.99 Å². The number of aliphatic imine (C=N–C) groups is 1. The first-order valence-electron chi connectivity index (χ1n) is 6.05. The minimum absolute atomic E-state index is 0.271. The van der Waals surface area contributed by atoms with Crippen LogP contribution in [0.1, 0.15) is 36.5 Å². The smallest absolute Gasteiger partial charge is 0.338 e. The fourth-order valence-corrected chi connectivity index (χ4v) is 1.29. The Morgan fingerprint density at radius 3 is 2.82 bits per heavy atom. The van der Waals surface area contributed by atoms with Gasteiger partial charge in [0.25, 0.3) is 0 Å². The van der Waals surface area contributed by atoms with Crippen molar-refractivity contribution in [3.05, 3.63) is 35.9 Å². The molecule has 3 nitrogen and oxygen atoms in total. The lowest BCUT2D eigenvalue weighted by Crippen LogP contribution is -2.06. The predicted octanol–water partition coefficient (Wildman–Crippen LogP) is 3.10. The van der Waals surface area contributed by atoms with Gasteiger partial charge in [0.15, 0.2) is 0 Å². The SMILES string of the molecule is CCCCN=CCCOC(=O)c1ccccc1. The fraction of sp³-hybridized carbons (Fsp3) is 0.429. The molecule has 0 aliphatic carbocycles. The lowest BCUT2D eigenvalue weighted by Gasteiger charge is -2.02. The van der Waals surface area contributed by atoms with Crippen LogP contribution in [0.15, 0.2) is 35.3 Å². The van der Waals surface area contributed by atoms with Gasteiger partial charge >= 0.3 is 5.97 Å². The molecule has 0 atom stereocenters. The molecule has 0 saturated heterocycles. The van der Waals surface area contributed by atoms with Gasteiger partial charge in [0, 0.05) is 19.2 Å². The summed E-state index contributed by atoms with van der Waals surface area (Å²) in [6.45, 7) is 3.39. The van der Waals surface area contributed by atoms with E-state index in [1.165, 1.54) is 0 Å². The molecule has 0 unspecified atom stereocenters. The summed E-state index contributed by atoms with van der Waals surface area (Å²) in [5.74, 6) is -0.271. The van der Waals surface area contributed by atoms with Crippen LogP contribution in [0.25, 0.3) is 0 Å². The second-order valence-corrected chi connectivity index (χ2v) is 3.73. The van der Waals surface area contributed by atoms with Crippen molar-refractivity contribution in [3.8, 4) is 0 Å². The van der Waals surface area contributed by atoms with Crippen LogP contribution in [0, 0.1) is 0 Å². The van der Waals surface area contributed by atoms with E-state index in [1.54, 1.807) is 12.1 Å². The predicted molar refractivity (Wildman–Crippen MR) is 69.6 cm³/mol. The average molecular weight is 233 g/mol. The molecule has 1 rings (SSSR count). The molecule has 0 saturated carbocycles. The van der Waals surface area contributed by atoms with E-state index in [0.29, 0.717) is 18.6 Å². The van der Waals surface area contributed by atoms with Gasteiger partial charge in [0.1, 0.15) is 0 Å². The van der Waals surface area contributed by atoms with Crippen LogP contribution in [-0.2, 0) is 4.74 Å². The van der Waals surface area contributed by atoms with E-state index in [-0.39, 0.29) is 5.97 Å². The highest BCUT2D eigenvalue weighted by Crippen LogP contribution is 2.00. The molecule has 0 aliphatic heterocycles. The maximum absolute atomic E-state index is 11.5. The molecule has 1 aromatic carbocycles. The maximum Gasteiger partial charge on any atom is 0.338 e. The lowest BCUT2D eigenvalue weighted by atomic mass is 10.2. The van der Waals surface area contributed by atoms with Crippen molar-refractivity contribution in [1.29, 1.82) is 0 Å². The van der Waals surface area contributed by atoms with Crippen LogP contribution in [-0.4, -0.2) is 25.3 Å². The molecule has 0 amide bonds. The van der Waals surface area contributed by atoms with E-state index in [0.717, 1.165) is 19.4 Å². The van der Waals surface area contributed by atoms with Gasteiger partial charge in [-0.25, -0.2) is 4.79 Å². The van der Waals surface area contributed by atoms with Crippen molar-refractivity contribution < 1.29 is 9.53 Å². The van der Waals surface area contributed by atoms with Crippen LogP contribution in [0.3, 0.4) is 0 Å². The van der Waals surface area contributed by atoms with Crippen LogP contribution in [0.5, 0.6) is 0 Å². The van der Waals surface area contributed by atoms with Gasteiger partial charge in [-0.05, 0) is 18.6 Å². The van der Waals surface area contributed by atoms with Crippen molar-refractivity contribution in [3.63, 3.8) is 0 Å². The number of carbonyl (C=O) groups excluding carboxylic acids is 1. The first-order chi connectivity index (χ1) is 8.34. The largest absolute Gasteiger partial charge is 0.462 e. The number of esters is 1. The molecule has 0 N–H and O–H groups in total. The van der Waals surface area contributed by atoms with E-state index in [4.69, 9.17) is 4.74 Å². The number of carbonyl (C=O) groups is 1. The Labute approximate surface area is 103 Å². The summed E-state index contributed by atoms with van der Waals surface area (Å²) in [5.41, 5.74) is 0.593. The lowest BCUT2D eigenvalue weighted by molar-refractivity contribution is 0.0516. The monoisotopic (exact) mass is 233 g/mol. The zero-order valence-electron chi connectivity index (χ0n) is 10.3. The molecule has 3 heteroatoms. The molecule has 1 aromatic rings. The molecular formula is C14H19NO2. The first-order valence-corrected chi connectivity index (χ1v) is 6.05. The van der Waals surface area contributed by atoms with Crippen molar-refractivity contribution in [2.45, 2.75) is 26.2 Å². The highest BCUT2D eigenvalue weighted by Gasteiger charge is 2.04. The minimum Gasteiger partial charge on any atom is -0.462 e. The van der Waals surface area contributed by atoms with Gasteiger partial charge in [-0.15, -0.1) is 0 Å². The normalized spacial score (nSPS) is 10.6. The molecular weight excluding hydrogens is 214 g/mol. The fourth-order valence-electron chi connectivity index (χ4n) is 1.29. The van der Waals surface area contributed by atoms with Crippen molar-refractivity contribution in [1.82, 2.24) is 0 Å². The van der Waals surface area contributed by atoms with Gasteiger partial charge in [0.05, 0.1) is 12.2 Å². The highest BCUT2D eigenvalue weighted by atomic mass is 16.5. The van der Waals surface area contributed by atoms with E-state index in [2.05, 4.69) is 11.9 Å². The third-order valence-electron chi connectivity index (χ3n) is 2.26. The van der Waals surface area contributed by atoms with Crippen LogP contribution < -0.4 is 0 Å². The zero-order chi connectivity index (χ0) is 12.3.